The zero-order valence-electron chi connectivity index (χ0n) is 26.2. The monoisotopic (exact) mass is 632 g/mol. The van der Waals surface area contributed by atoms with E-state index in [2.05, 4.69) is 30.4 Å². The third kappa shape index (κ3) is 4.63. The van der Waals surface area contributed by atoms with Crippen molar-refractivity contribution >= 4 is 45.0 Å². The topological polar surface area (TPSA) is 116 Å². The molecule has 0 amide bonds. The number of aromatic nitrogens is 4. The van der Waals surface area contributed by atoms with Crippen LogP contribution in [0.4, 0.5) is 11.6 Å². The second-order valence-electron chi connectivity index (χ2n) is 12.5. The van der Waals surface area contributed by atoms with Crippen molar-refractivity contribution in [3.8, 4) is 22.3 Å². The van der Waals surface area contributed by atoms with Crippen LogP contribution in [0, 0.1) is 0 Å². The van der Waals surface area contributed by atoms with Gasteiger partial charge in [0.2, 0.25) is 0 Å². The molecule has 48 heavy (non-hydrogen) atoms. The first-order valence-corrected chi connectivity index (χ1v) is 16.4. The van der Waals surface area contributed by atoms with Crippen LogP contribution in [0.15, 0.2) is 85.5 Å². The Bertz CT molecular complexity index is 2120. The Morgan fingerprint density at radius 3 is 1.44 bits per heavy atom. The zero-order chi connectivity index (χ0) is 32.2. The number of carbonyl (C=O) groups is 2. The lowest BCUT2D eigenvalue weighted by molar-refractivity contribution is 0.103. The van der Waals surface area contributed by atoms with Crippen LogP contribution in [0.2, 0.25) is 0 Å². The van der Waals surface area contributed by atoms with Gasteiger partial charge in [-0.3, -0.25) is 29.4 Å². The van der Waals surface area contributed by atoms with Gasteiger partial charge in [-0.05, 0) is 35.4 Å². The van der Waals surface area contributed by atoms with Crippen molar-refractivity contribution in [2.45, 2.75) is 0 Å². The Hall–Kier alpha value is -5.58. The molecule has 0 spiro atoms. The van der Waals surface area contributed by atoms with E-state index in [-0.39, 0.29) is 11.6 Å². The number of hydrogen-bond acceptors (Lipinski definition) is 10. The van der Waals surface area contributed by atoms with Gasteiger partial charge >= 0.3 is 0 Å². The highest BCUT2D eigenvalue weighted by Gasteiger charge is 2.34. The Kier molecular flexibility index (Phi) is 6.91. The smallest absolute Gasteiger partial charge is 0.199 e. The van der Waals surface area contributed by atoms with Gasteiger partial charge in [-0.1, -0.05) is 36.4 Å². The first kappa shape index (κ1) is 28.6. The van der Waals surface area contributed by atoms with Gasteiger partial charge in [0.15, 0.2) is 11.6 Å². The third-order valence-corrected chi connectivity index (χ3v) is 9.81. The summed E-state index contributed by atoms with van der Waals surface area (Å²) in [5.41, 5.74) is 8.03. The molecule has 10 heteroatoms. The number of pyridine rings is 4. The summed E-state index contributed by atoms with van der Waals surface area (Å²) >= 11 is 0. The third-order valence-electron chi connectivity index (χ3n) is 9.81. The Morgan fingerprint density at radius 1 is 0.542 bits per heavy atom. The van der Waals surface area contributed by atoms with Gasteiger partial charge in [0.1, 0.15) is 11.6 Å². The largest absolute Gasteiger partial charge is 0.368 e. The molecule has 1 fully saturated rings. The average Bonchev–Trinajstić information content (AvgIpc) is 3.61. The van der Waals surface area contributed by atoms with Crippen LogP contribution >= 0.6 is 0 Å². The van der Waals surface area contributed by atoms with Crippen LogP contribution in [-0.4, -0.2) is 93.7 Å². The standard InChI is InChI=1S/C38H32N8O2/c47-35-27-21-39-11-9-23(27)31-25-5-1-3-7-29(25)43-37(33(31)35)41-13-15-45-17-19-46(20-18-45)16-14-42-38-34-32(26-6-2-4-8-30(26)44-38)24-10-12-40-22-28(24)36(34)48/h1-12,21-22H,13-20H2,(H,41,43)(H,42,44). The first-order valence-electron chi connectivity index (χ1n) is 16.4. The summed E-state index contributed by atoms with van der Waals surface area (Å²) in [6, 6.07) is 19.8. The molecule has 2 N–H and O–H groups in total. The maximum absolute atomic E-state index is 13.4. The van der Waals surface area contributed by atoms with E-state index in [1.54, 1.807) is 24.8 Å². The first-order chi connectivity index (χ1) is 23.7. The zero-order valence-corrected chi connectivity index (χ0v) is 26.2. The molecule has 4 aromatic heterocycles. The minimum atomic E-state index is -0.0224. The molecule has 1 saturated heterocycles. The van der Waals surface area contributed by atoms with Crippen LogP contribution in [0.5, 0.6) is 0 Å². The van der Waals surface area contributed by atoms with Gasteiger partial charge in [0.05, 0.1) is 22.2 Å². The Labute approximate surface area is 276 Å². The SMILES string of the molecule is O=C1c2cnccc2-c2c1c(NCCN1CCN(CCNc3nc4ccccc4c4c3C(=O)c3cnccc3-4)CC1)nc1ccccc21. The fourth-order valence-corrected chi connectivity index (χ4v) is 7.44. The fourth-order valence-electron chi connectivity index (χ4n) is 7.44. The summed E-state index contributed by atoms with van der Waals surface area (Å²) in [6.07, 6.45) is 6.80. The van der Waals surface area contributed by atoms with Crippen LogP contribution in [0.25, 0.3) is 44.1 Å². The van der Waals surface area contributed by atoms with Crippen LogP contribution in [0.1, 0.15) is 31.8 Å². The summed E-state index contributed by atoms with van der Waals surface area (Å²) in [6.45, 7) is 6.87. The molecular formula is C38H32N8O2. The number of carbonyl (C=O) groups excluding carboxylic acids is 2. The van der Waals surface area contributed by atoms with Crippen molar-refractivity contribution in [2.75, 3.05) is 63.0 Å². The molecule has 236 valence electrons. The van der Waals surface area contributed by atoms with E-state index in [4.69, 9.17) is 9.97 Å². The lowest BCUT2D eigenvalue weighted by Crippen LogP contribution is -2.48. The lowest BCUT2D eigenvalue weighted by atomic mass is 10.0. The van der Waals surface area contributed by atoms with Gasteiger partial charge in [-0.15, -0.1) is 0 Å². The van der Waals surface area contributed by atoms with Crippen molar-refractivity contribution in [1.82, 2.24) is 29.7 Å². The maximum Gasteiger partial charge on any atom is 0.199 e. The number of nitrogens with zero attached hydrogens (tertiary/aromatic N) is 6. The van der Waals surface area contributed by atoms with Crippen LogP contribution < -0.4 is 10.6 Å². The van der Waals surface area contributed by atoms with Crippen molar-refractivity contribution in [2.24, 2.45) is 0 Å². The molecule has 0 bridgehead atoms. The number of rotatable bonds is 8. The predicted octanol–water partition coefficient (Wildman–Crippen LogP) is 5.14. The van der Waals surface area contributed by atoms with Crippen molar-refractivity contribution < 1.29 is 9.59 Å². The molecule has 10 nitrogen and oxygen atoms in total. The molecular weight excluding hydrogens is 600 g/mol. The molecule has 2 aromatic carbocycles. The molecule has 5 heterocycles. The Morgan fingerprint density at radius 2 is 0.979 bits per heavy atom. The van der Waals surface area contributed by atoms with E-state index in [1.165, 1.54) is 0 Å². The molecule has 0 saturated carbocycles. The molecule has 1 aliphatic heterocycles. The normalized spacial score (nSPS) is 15.4. The highest BCUT2D eigenvalue weighted by Crippen LogP contribution is 2.44. The molecule has 0 unspecified atom stereocenters. The molecule has 0 atom stereocenters. The highest BCUT2D eigenvalue weighted by atomic mass is 16.1. The van der Waals surface area contributed by atoms with Crippen LogP contribution in [0.3, 0.4) is 0 Å². The second-order valence-corrected chi connectivity index (χ2v) is 12.5. The van der Waals surface area contributed by atoms with E-state index in [1.807, 2.05) is 60.7 Å². The summed E-state index contributed by atoms with van der Waals surface area (Å²) in [5.74, 6) is 1.24. The molecule has 6 aromatic rings. The summed E-state index contributed by atoms with van der Waals surface area (Å²) in [7, 11) is 0. The van der Waals surface area contributed by atoms with Crippen molar-refractivity contribution in [1.29, 1.82) is 0 Å². The predicted molar refractivity (Wildman–Crippen MR) is 187 cm³/mol. The minimum Gasteiger partial charge on any atom is -0.368 e. The fraction of sp³-hybridized carbons (Fsp3) is 0.211. The molecule has 9 rings (SSSR count). The molecule has 3 aliphatic rings. The van der Waals surface area contributed by atoms with Gasteiger partial charge in [0.25, 0.3) is 0 Å². The summed E-state index contributed by atoms with van der Waals surface area (Å²) in [4.78, 5) is 49.9. The quantitative estimate of drug-likeness (QED) is 0.233. The van der Waals surface area contributed by atoms with Crippen LogP contribution in [-0.2, 0) is 0 Å². The number of anilines is 2. The van der Waals surface area contributed by atoms with Crippen molar-refractivity contribution in [3.05, 3.63) is 108 Å². The summed E-state index contributed by atoms with van der Waals surface area (Å²) in [5, 5.41) is 8.97. The molecule has 0 radical (unpaired) electrons. The second kappa shape index (κ2) is 11.6. The van der Waals surface area contributed by atoms with E-state index in [0.29, 0.717) is 47.0 Å². The number of fused-ring (bicyclic) bond motifs is 10. The minimum absolute atomic E-state index is 0.0224. The molecule has 2 aliphatic carbocycles. The number of nitrogens with one attached hydrogen (secondary N) is 2. The van der Waals surface area contributed by atoms with Gasteiger partial charge in [-0.2, -0.15) is 0 Å². The van der Waals surface area contributed by atoms with Gasteiger partial charge in [0, 0.05) is 110 Å². The van der Waals surface area contributed by atoms with E-state index >= 15 is 0 Å². The number of hydrogen-bond donors (Lipinski definition) is 2. The maximum atomic E-state index is 13.4. The number of piperazine rings is 1. The van der Waals surface area contributed by atoms with Gasteiger partial charge < -0.3 is 10.6 Å². The van der Waals surface area contributed by atoms with E-state index in [9.17, 15) is 9.59 Å². The van der Waals surface area contributed by atoms with Gasteiger partial charge in [-0.25, -0.2) is 9.97 Å². The lowest BCUT2D eigenvalue weighted by Gasteiger charge is -2.34. The Balaban J connectivity index is 0.830. The number of benzene rings is 2. The summed E-state index contributed by atoms with van der Waals surface area (Å²) < 4.78 is 0. The number of para-hydroxylation sites is 2. The van der Waals surface area contributed by atoms with E-state index < -0.39 is 0 Å². The van der Waals surface area contributed by atoms with E-state index in [0.717, 1.165) is 83.3 Å². The van der Waals surface area contributed by atoms with Crippen molar-refractivity contribution in [3.63, 3.8) is 0 Å². The number of ketones is 2. The highest BCUT2D eigenvalue weighted by molar-refractivity contribution is 6.28. The average molecular weight is 633 g/mol.